The van der Waals surface area contributed by atoms with Crippen molar-refractivity contribution in [1.82, 2.24) is 0 Å². The van der Waals surface area contributed by atoms with Gasteiger partial charge in [0.05, 0.1) is 22.6 Å². The Morgan fingerprint density at radius 1 is 1.00 bits per heavy atom. The zero-order valence-electron chi connectivity index (χ0n) is 14.3. The molecule has 1 heterocycles. The number of hydrogen-bond donors (Lipinski definition) is 3. The van der Waals surface area contributed by atoms with Crippen molar-refractivity contribution in [2.24, 2.45) is 0 Å². The molecule has 0 saturated carbocycles. The zero-order valence-corrected chi connectivity index (χ0v) is 15.1. The number of carbonyl (C=O) groups excluding carboxylic acids is 1. The number of fused-ring (bicyclic) bond motifs is 2. The fourth-order valence-corrected chi connectivity index (χ4v) is 3.94. The van der Waals surface area contributed by atoms with Crippen molar-refractivity contribution in [3.63, 3.8) is 0 Å². The number of amides is 1. The van der Waals surface area contributed by atoms with Gasteiger partial charge in [-0.2, -0.15) is 13.2 Å². The second-order valence-corrected chi connectivity index (χ2v) is 7.28. The van der Waals surface area contributed by atoms with E-state index in [0.717, 1.165) is 22.7 Å². The molecule has 4 N–H and O–H groups in total. The van der Waals surface area contributed by atoms with E-state index < -0.39 is 17.6 Å². The van der Waals surface area contributed by atoms with Crippen molar-refractivity contribution in [3.05, 3.63) is 71.8 Å². The minimum atomic E-state index is -4.54. The van der Waals surface area contributed by atoms with E-state index in [1.807, 2.05) is 24.3 Å². The number of carbonyl (C=O) groups is 1. The van der Waals surface area contributed by atoms with Crippen LogP contribution in [0.15, 0.2) is 70.5 Å². The van der Waals surface area contributed by atoms with Crippen LogP contribution in [0.1, 0.15) is 15.9 Å². The highest BCUT2D eigenvalue weighted by molar-refractivity contribution is 7.99. The number of halogens is 3. The van der Waals surface area contributed by atoms with Crippen LogP contribution < -0.4 is 16.4 Å². The Hall–Kier alpha value is -3.13. The molecule has 1 amide bonds. The van der Waals surface area contributed by atoms with Gasteiger partial charge in [-0.25, -0.2) is 0 Å². The lowest BCUT2D eigenvalue weighted by Gasteiger charge is -2.25. The summed E-state index contributed by atoms with van der Waals surface area (Å²) in [6.07, 6.45) is -4.54. The smallest absolute Gasteiger partial charge is 0.399 e. The number of nitrogen functional groups attached to an aromatic ring is 1. The van der Waals surface area contributed by atoms with Crippen LogP contribution in [-0.2, 0) is 6.18 Å². The van der Waals surface area contributed by atoms with Crippen molar-refractivity contribution in [2.45, 2.75) is 16.0 Å². The summed E-state index contributed by atoms with van der Waals surface area (Å²) in [5.41, 5.74) is 6.75. The van der Waals surface area contributed by atoms with Crippen molar-refractivity contribution in [2.75, 3.05) is 16.4 Å². The van der Waals surface area contributed by atoms with Gasteiger partial charge in [0.25, 0.3) is 5.91 Å². The van der Waals surface area contributed by atoms with Gasteiger partial charge in [-0.05, 0) is 42.5 Å². The van der Waals surface area contributed by atoms with Gasteiger partial charge in [0.2, 0.25) is 0 Å². The third-order valence-corrected chi connectivity index (χ3v) is 5.31. The van der Waals surface area contributed by atoms with Crippen molar-refractivity contribution in [3.8, 4) is 0 Å². The van der Waals surface area contributed by atoms with Crippen molar-refractivity contribution in [1.29, 1.82) is 0 Å². The van der Waals surface area contributed by atoms with Crippen LogP contribution in [0, 0.1) is 0 Å². The molecule has 0 atom stereocenters. The standard InChI is InChI=1S/C20H14F3N3OS/c21-20(22,23)12-9-15(26-19(27)11-4-3-5-13(24)8-11)18-17(10-12)28-16-7-2-1-6-14(16)25-18/h1-10,25H,24H2,(H,26,27). The average Bonchev–Trinajstić information content (AvgIpc) is 2.65. The lowest BCUT2D eigenvalue weighted by atomic mass is 10.1. The molecule has 3 aromatic carbocycles. The predicted octanol–water partition coefficient (Wildman–Crippen LogP) is 5.75. The maximum absolute atomic E-state index is 13.4. The third-order valence-electron chi connectivity index (χ3n) is 4.19. The van der Waals surface area contributed by atoms with Crippen LogP contribution in [0.25, 0.3) is 0 Å². The number of nitrogens with two attached hydrogens (primary N) is 1. The van der Waals surface area contributed by atoms with Gasteiger partial charge in [0, 0.05) is 21.0 Å². The fraction of sp³-hybridized carbons (Fsp3) is 0.0500. The first-order chi connectivity index (χ1) is 13.3. The molecular formula is C20H14F3N3OS. The van der Waals surface area contributed by atoms with Gasteiger partial charge in [-0.3, -0.25) is 4.79 Å². The third kappa shape index (κ3) is 3.50. The van der Waals surface area contributed by atoms with Crippen LogP contribution in [0.5, 0.6) is 0 Å². The molecule has 142 valence electrons. The van der Waals surface area contributed by atoms with E-state index in [-0.39, 0.29) is 11.3 Å². The first kappa shape index (κ1) is 18.2. The van der Waals surface area contributed by atoms with E-state index in [1.54, 1.807) is 18.2 Å². The van der Waals surface area contributed by atoms with Crippen LogP contribution in [-0.4, -0.2) is 5.91 Å². The molecular weight excluding hydrogens is 387 g/mol. The minimum Gasteiger partial charge on any atom is -0.399 e. The van der Waals surface area contributed by atoms with Gasteiger partial charge in [-0.1, -0.05) is 30.0 Å². The highest BCUT2D eigenvalue weighted by Crippen LogP contribution is 2.49. The quantitative estimate of drug-likeness (QED) is 0.374. The number of para-hydroxylation sites is 1. The molecule has 28 heavy (non-hydrogen) atoms. The Bertz CT molecular complexity index is 1080. The lowest BCUT2D eigenvalue weighted by molar-refractivity contribution is -0.137. The molecule has 0 fully saturated rings. The topological polar surface area (TPSA) is 67.2 Å². The van der Waals surface area contributed by atoms with E-state index >= 15 is 0 Å². The maximum Gasteiger partial charge on any atom is 0.416 e. The van der Waals surface area contributed by atoms with Crippen LogP contribution in [0.2, 0.25) is 0 Å². The fourth-order valence-electron chi connectivity index (χ4n) is 2.87. The largest absolute Gasteiger partial charge is 0.416 e. The zero-order chi connectivity index (χ0) is 19.9. The van der Waals surface area contributed by atoms with Crippen LogP contribution in [0.3, 0.4) is 0 Å². The number of rotatable bonds is 2. The molecule has 3 aromatic rings. The predicted molar refractivity (Wildman–Crippen MR) is 104 cm³/mol. The summed E-state index contributed by atoms with van der Waals surface area (Å²) >= 11 is 1.22. The number of benzene rings is 3. The molecule has 0 aromatic heterocycles. The van der Waals surface area contributed by atoms with Crippen LogP contribution in [0.4, 0.5) is 35.9 Å². The molecule has 0 bridgehead atoms. The van der Waals surface area contributed by atoms with Crippen molar-refractivity contribution < 1.29 is 18.0 Å². The van der Waals surface area contributed by atoms with E-state index in [9.17, 15) is 18.0 Å². The molecule has 1 aliphatic rings. The molecule has 0 radical (unpaired) electrons. The van der Waals surface area contributed by atoms with E-state index in [4.69, 9.17) is 5.73 Å². The highest BCUT2D eigenvalue weighted by atomic mass is 32.2. The Balaban J connectivity index is 1.77. The van der Waals surface area contributed by atoms with Crippen molar-refractivity contribution >= 4 is 40.4 Å². The van der Waals surface area contributed by atoms with Gasteiger partial charge in [0.1, 0.15) is 0 Å². The average molecular weight is 401 g/mol. The molecule has 0 spiro atoms. The summed E-state index contributed by atoms with van der Waals surface area (Å²) in [4.78, 5) is 13.8. The molecule has 4 nitrogen and oxygen atoms in total. The van der Waals surface area contributed by atoms with E-state index in [2.05, 4.69) is 10.6 Å². The highest BCUT2D eigenvalue weighted by Gasteiger charge is 2.33. The molecule has 4 rings (SSSR count). The van der Waals surface area contributed by atoms with Crippen LogP contribution >= 0.6 is 11.8 Å². The van der Waals surface area contributed by atoms with Gasteiger partial charge in [-0.15, -0.1) is 0 Å². The number of nitrogens with one attached hydrogen (secondary N) is 2. The first-order valence-corrected chi connectivity index (χ1v) is 9.09. The minimum absolute atomic E-state index is 0.0549. The van der Waals surface area contributed by atoms with Gasteiger partial charge >= 0.3 is 6.18 Å². The van der Waals surface area contributed by atoms with E-state index in [1.165, 1.54) is 17.8 Å². The van der Waals surface area contributed by atoms with E-state index in [0.29, 0.717) is 16.3 Å². The Morgan fingerprint density at radius 3 is 2.54 bits per heavy atom. The second kappa shape index (κ2) is 6.79. The van der Waals surface area contributed by atoms with Gasteiger partial charge in [0.15, 0.2) is 0 Å². The summed E-state index contributed by atoms with van der Waals surface area (Å²) < 4.78 is 40.2. The SMILES string of the molecule is Nc1cccc(C(=O)Nc2cc(C(F)(F)F)cc3c2Nc2ccccc2S3)c1. The molecule has 0 aliphatic carbocycles. The molecule has 0 saturated heterocycles. The summed E-state index contributed by atoms with van der Waals surface area (Å²) in [5, 5.41) is 5.71. The summed E-state index contributed by atoms with van der Waals surface area (Å²) in [7, 11) is 0. The monoisotopic (exact) mass is 401 g/mol. The number of alkyl halides is 3. The summed E-state index contributed by atoms with van der Waals surface area (Å²) in [6.45, 7) is 0. The number of anilines is 4. The normalized spacial score (nSPS) is 12.5. The number of hydrogen-bond acceptors (Lipinski definition) is 4. The Morgan fingerprint density at radius 2 is 1.79 bits per heavy atom. The molecule has 1 aliphatic heterocycles. The lowest BCUT2D eigenvalue weighted by Crippen LogP contribution is -2.16. The maximum atomic E-state index is 13.4. The second-order valence-electron chi connectivity index (χ2n) is 6.20. The summed E-state index contributed by atoms with van der Waals surface area (Å²) in [5.74, 6) is -0.542. The molecule has 8 heteroatoms. The Kier molecular flexibility index (Phi) is 4.43. The van der Waals surface area contributed by atoms with Gasteiger partial charge < -0.3 is 16.4 Å². The summed E-state index contributed by atoms with van der Waals surface area (Å²) in [6, 6.07) is 15.5. The first-order valence-electron chi connectivity index (χ1n) is 8.27. The molecule has 0 unspecified atom stereocenters. The Labute approximate surface area is 162 Å².